The average molecular weight is 200 g/mol. The second kappa shape index (κ2) is 4.04. The van der Waals surface area contributed by atoms with Gasteiger partial charge in [-0.3, -0.25) is 0 Å². The minimum absolute atomic E-state index is 0.669. The first-order chi connectivity index (χ1) is 6.34. The number of morpholine rings is 1. The maximum atomic E-state index is 5.56. The fraction of sp³-hybridized carbons (Fsp3) is 0.625. The summed E-state index contributed by atoms with van der Waals surface area (Å²) in [6.45, 7) is 4.88. The van der Waals surface area contributed by atoms with Gasteiger partial charge in [0.25, 0.3) is 0 Å². The van der Waals surface area contributed by atoms with Crippen molar-refractivity contribution in [2.45, 2.75) is 6.54 Å². The molecule has 0 radical (unpaired) electrons. The Bertz CT molecular complexity index is 270. The summed E-state index contributed by atoms with van der Waals surface area (Å²) in [5, 5.41) is 2.71. The first-order valence-electron chi connectivity index (χ1n) is 4.46. The number of thiazole rings is 1. The standard InChI is InChI=1S/C8H13N3OS/c9-8-10-7(6-13-8)5-11-1-3-12-4-2-11/h6H,1-5H2,(H2,9,10)/p+1. The van der Waals surface area contributed by atoms with E-state index in [-0.39, 0.29) is 0 Å². The molecule has 0 bridgehead atoms. The van der Waals surface area contributed by atoms with Crippen LogP contribution in [-0.2, 0) is 11.3 Å². The summed E-state index contributed by atoms with van der Waals surface area (Å²) < 4.78 is 5.28. The third-order valence-corrected chi connectivity index (χ3v) is 2.92. The van der Waals surface area contributed by atoms with Crippen LogP contribution in [0, 0.1) is 0 Å². The molecule has 0 saturated carbocycles. The molecular weight excluding hydrogens is 186 g/mol. The zero-order chi connectivity index (χ0) is 9.10. The lowest BCUT2D eigenvalue weighted by Crippen LogP contribution is -3.12. The van der Waals surface area contributed by atoms with Crippen LogP contribution in [0.5, 0.6) is 0 Å². The largest absolute Gasteiger partial charge is 0.375 e. The Kier molecular flexibility index (Phi) is 2.77. The molecule has 1 saturated heterocycles. The van der Waals surface area contributed by atoms with Gasteiger partial charge in [-0.15, -0.1) is 11.3 Å². The van der Waals surface area contributed by atoms with E-state index in [1.54, 1.807) is 0 Å². The van der Waals surface area contributed by atoms with Crippen LogP contribution in [0.1, 0.15) is 5.69 Å². The van der Waals surface area contributed by atoms with Crippen LogP contribution in [-0.4, -0.2) is 31.3 Å². The van der Waals surface area contributed by atoms with Gasteiger partial charge < -0.3 is 15.4 Å². The van der Waals surface area contributed by atoms with Crippen LogP contribution in [0.25, 0.3) is 0 Å². The number of hydrogen-bond acceptors (Lipinski definition) is 4. The van der Waals surface area contributed by atoms with Crippen LogP contribution in [0.2, 0.25) is 0 Å². The SMILES string of the molecule is Nc1nc(C[NH+]2CCOCC2)cs1. The van der Waals surface area contributed by atoms with Gasteiger partial charge in [-0.1, -0.05) is 0 Å². The van der Waals surface area contributed by atoms with E-state index < -0.39 is 0 Å². The van der Waals surface area contributed by atoms with Gasteiger partial charge in [-0.05, 0) is 0 Å². The summed E-state index contributed by atoms with van der Waals surface area (Å²) in [6.07, 6.45) is 0. The molecule has 1 aliphatic heterocycles. The summed E-state index contributed by atoms with van der Waals surface area (Å²) >= 11 is 1.52. The molecule has 0 atom stereocenters. The molecular formula is C8H14N3OS+. The Balaban J connectivity index is 1.89. The minimum atomic E-state index is 0.669. The third kappa shape index (κ3) is 2.40. The van der Waals surface area contributed by atoms with E-state index in [2.05, 4.69) is 4.98 Å². The van der Waals surface area contributed by atoms with Crippen molar-refractivity contribution in [2.24, 2.45) is 0 Å². The van der Waals surface area contributed by atoms with Crippen molar-refractivity contribution in [3.05, 3.63) is 11.1 Å². The maximum Gasteiger partial charge on any atom is 0.180 e. The van der Waals surface area contributed by atoms with Crippen LogP contribution in [0.15, 0.2) is 5.38 Å². The van der Waals surface area contributed by atoms with Crippen LogP contribution in [0.3, 0.4) is 0 Å². The highest BCUT2D eigenvalue weighted by atomic mass is 32.1. The van der Waals surface area contributed by atoms with Crippen molar-refractivity contribution in [2.75, 3.05) is 32.0 Å². The summed E-state index contributed by atoms with van der Waals surface area (Å²) in [5.74, 6) is 0. The van der Waals surface area contributed by atoms with E-state index in [1.807, 2.05) is 5.38 Å². The lowest BCUT2D eigenvalue weighted by Gasteiger charge is -2.22. The fourth-order valence-electron chi connectivity index (χ4n) is 1.50. The zero-order valence-electron chi connectivity index (χ0n) is 7.45. The van der Waals surface area contributed by atoms with Gasteiger partial charge in [-0.25, -0.2) is 4.98 Å². The Labute approximate surface area is 81.3 Å². The van der Waals surface area contributed by atoms with E-state index in [0.717, 1.165) is 38.5 Å². The van der Waals surface area contributed by atoms with Gasteiger partial charge in [-0.2, -0.15) is 0 Å². The molecule has 0 aliphatic carbocycles. The van der Waals surface area contributed by atoms with Crippen molar-refractivity contribution in [1.29, 1.82) is 0 Å². The number of nitrogen functional groups attached to an aromatic ring is 1. The number of rotatable bonds is 2. The summed E-state index contributed by atoms with van der Waals surface area (Å²) in [6, 6.07) is 0. The van der Waals surface area contributed by atoms with Gasteiger partial charge in [0.05, 0.1) is 13.2 Å². The quantitative estimate of drug-likeness (QED) is 0.653. The number of nitrogens with one attached hydrogen (secondary N) is 1. The highest BCUT2D eigenvalue weighted by molar-refractivity contribution is 7.13. The maximum absolute atomic E-state index is 5.56. The van der Waals surface area contributed by atoms with Crippen LogP contribution < -0.4 is 10.6 Å². The zero-order valence-corrected chi connectivity index (χ0v) is 8.27. The molecule has 1 aliphatic rings. The van der Waals surface area contributed by atoms with Crippen molar-refractivity contribution in [3.63, 3.8) is 0 Å². The molecule has 0 aromatic carbocycles. The molecule has 2 rings (SSSR count). The molecule has 1 fully saturated rings. The lowest BCUT2D eigenvalue weighted by molar-refractivity contribution is -0.921. The highest BCUT2D eigenvalue weighted by Gasteiger charge is 2.15. The van der Waals surface area contributed by atoms with Gasteiger partial charge >= 0.3 is 0 Å². The Morgan fingerprint density at radius 1 is 1.54 bits per heavy atom. The Morgan fingerprint density at radius 3 is 2.92 bits per heavy atom. The van der Waals surface area contributed by atoms with E-state index in [9.17, 15) is 0 Å². The third-order valence-electron chi connectivity index (χ3n) is 2.20. The van der Waals surface area contributed by atoms with Crippen molar-refractivity contribution >= 4 is 16.5 Å². The molecule has 2 heterocycles. The van der Waals surface area contributed by atoms with Crippen LogP contribution >= 0.6 is 11.3 Å². The van der Waals surface area contributed by atoms with Crippen molar-refractivity contribution in [3.8, 4) is 0 Å². The highest BCUT2D eigenvalue weighted by Crippen LogP contribution is 2.09. The number of nitrogens with zero attached hydrogens (tertiary/aromatic N) is 1. The first kappa shape index (κ1) is 8.93. The molecule has 3 N–H and O–H groups in total. The molecule has 4 nitrogen and oxygen atoms in total. The molecule has 1 aromatic heterocycles. The fourth-order valence-corrected chi connectivity index (χ4v) is 2.06. The Hall–Kier alpha value is -0.650. The van der Waals surface area contributed by atoms with Crippen molar-refractivity contribution < 1.29 is 9.64 Å². The second-order valence-electron chi connectivity index (χ2n) is 3.22. The molecule has 0 unspecified atom stereocenters. The number of anilines is 1. The molecule has 5 heteroatoms. The molecule has 1 aromatic rings. The number of nitrogens with two attached hydrogens (primary N) is 1. The topological polar surface area (TPSA) is 52.6 Å². The van der Waals surface area contributed by atoms with Gasteiger partial charge in [0, 0.05) is 5.38 Å². The number of aromatic nitrogens is 1. The van der Waals surface area contributed by atoms with Crippen molar-refractivity contribution in [1.82, 2.24) is 4.98 Å². The normalized spacial score (nSPS) is 19.1. The smallest absolute Gasteiger partial charge is 0.180 e. The number of ether oxygens (including phenoxy) is 1. The van der Waals surface area contributed by atoms with E-state index in [0.29, 0.717) is 5.13 Å². The summed E-state index contributed by atoms with van der Waals surface area (Å²) in [4.78, 5) is 5.78. The molecule has 0 amide bonds. The monoisotopic (exact) mass is 200 g/mol. The van der Waals surface area contributed by atoms with E-state index in [4.69, 9.17) is 10.5 Å². The first-order valence-corrected chi connectivity index (χ1v) is 5.34. The molecule has 13 heavy (non-hydrogen) atoms. The average Bonchev–Trinajstić information content (AvgIpc) is 2.53. The number of quaternary nitrogens is 1. The van der Waals surface area contributed by atoms with Gasteiger partial charge in [0.15, 0.2) is 5.13 Å². The minimum Gasteiger partial charge on any atom is -0.375 e. The van der Waals surface area contributed by atoms with Gasteiger partial charge in [0.2, 0.25) is 0 Å². The summed E-state index contributed by atoms with van der Waals surface area (Å²) in [5.41, 5.74) is 6.67. The number of hydrogen-bond donors (Lipinski definition) is 2. The molecule has 72 valence electrons. The van der Waals surface area contributed by atoms with E-state index in [1.165, 1.54) is 16.2 Å². The second-order valence-corrected chi connectivity index (χ2v) is 4.11. The van der Waals surface area contributed by atoms with Crippen LogP contribution in [0.4, 0.5) is 5.13 Å². The molecule has 0 spiro atoms. The summed E-state index contributed by atoms with van der Waals surface area (Å²) in [7, 11) is 0. The predicted octanol–water partition coefficient (Wildman–Crippen LogP) is -0.860. The Morgan fingerprint density at radius 2 is 2.31 bits per heavy atom. The lowest BCUT2D eigenvalue weighted by atomic mass is 10.4. The van der Waals surface area contributed by atoms with Gasteiger partial charge in [0.1, 0.15) is 25.3 Å². The predicted molar refractivity (Wildman–Crippen MR) is 51.7 cm³/mol. The van der Waals surface area contributed by atoms with E-state index >= 15 is 0 Å².